The van der Waals surface area contributed by atoms with Crippen LogP contribution in [-0.4, -0.2) is 5.78 Å². The molecule has 5 rings (SSSR count). The second-order valence-corrected chi connectivity index (χ2v) is 5.32. The number of rotatable bonds is 0. The Labute approximate surface area is 119 Å². The van der Waals surface area contributed by atoms with Crippen molar-refractivity contribution < 1.29 is 18.4 Å². The number of furan rings is 2. The van der Waals surface area contributed by atoms with Crippen LogP contribution in [0.15, 0.2) is 57.0 Å². The number of ether oxygens (including phenoxy) is 1. The molecule has 0 saturated heterocycles. The summed E-state index contributed by atoms with van der Waals surface area (Å²) in [4.78, 5) is 11.6. The van der Waals surface area contributed by atoms with Crippen LogP contribution in [0.25, 0.3) is 21.9 Å². The predicted octanol–water partition coefficient (Wildman–Crippen LogP) is 3.90. The van der Waals surface area contributed by atoms with E-state index in [2.05, 4.69) is 0 Å². The lowest BCUT2D eigenvalue weighted by atomic mass is 9.92. The zero-order valence-corrected chi connectivity index (χ0v) is 11.0. The first-order chi connectivity index (χ1) is 10.3. The lowest BCUT2D eigenvalue weighted by Gasteiger charge is -2.24. The maximum Gasteiger partial charge on any atom is 0.180 e. The van der Waals surface area contributed by atoms with Gasteiger partial charge in [0, 0.05) is 29.4 Å². The SMILES string of the molecule is O=C1C=C2Cc3c(c4occc4c4occc34)OC2=CC1. The van der Waals surface area contributed by atoms with Gasteiger partial charge >= 0.3 is 0 Å². The summed E-state index contributed by atoms with van der Waals surface area (Å²) in [5, 5.41) is 1.92. The molecule has 0 saturated carbocycles. The van der Waals surface area contributed by atoms with Crippen molar-refractivity contribution in [2.45, 2.75) is 12.8 Å². The molecule has 102 valence electrons. The van der Waals surface area contributed by atoms with E-state index in [-0.39, 0.29) is 5.78 Å². The van der Waals surface area contributed by atoms with Crippen molar-refractivity contribution in [1.29, 1.82) is 0 Å². The van der Waals surface area contributed by atoms with E-state index >= 15 is 0 Å². The number of ketones is 1. The summed E-state index contributed by atoms with van der Waals surface area (Å²) in [6.45, 7) is 0. The fraction of sp³-hybridized carbons (Fsp3) is 0.118. The predicted molar refractivity (Wildman–Crippen MR) is 76.1 cm³/mol. The Morgan fingerprint density at radius 1 is 1.00 bits per heavy atom. The lowest BCUT2D eigenvalue weighted by molar-refractivity contribution is -0.114. The number of hydrogen-bond acceptors (Lipinski definition) is 4. The second kappa shape index (κ2) is 3.67. The normalized spacial score (nSPS) is 17.2. The first-order valence-corrected chi connectivity index (χ1v) is 6.82. The third-order valence-electron chi connectivity index (χ3n) is 4.10. The first-order valence-electron chi connectivity index (χ1n) is 6.82. The summed E-state index contributed by atoms with van der Waals surface area (Å²) in [6, 6.07) is 3.82. The third-order valence-corrected chi connectivity index (χ3v) is 4.10. The molecule has 0 N–H and O–H groups in total. The molecule has 1 aromatic carbocycles. The molecule has 2 aliphatic rings. The molecule has 3 heterocycles. The van der Waals surface area contributed by atoms with Gasteiger partial charge < -0.3 is 13.6 Å². The van der Waals surface area contributed by atoms with Gasteiger partial charge in [0.25, 0.3) is 0 Å². The van der Waals surface area contributed by atoms with E-state index in [0.717, 1.165) is 39.0 Å². The van der Waals surface area contributed by atoms with Gasteiger partial charge in [-0.3, -0.25) is 4.79 Å². The van der Waals surface area contributed by atoms with Gasteiger partial charge in [-0.15, -0.1) is 0 Å². The standard InChI is InChI=1S/C17H10O4/c18-10-1-2-14-9(7-10)8-13-11-3-5-19-15(11)12-4-6-20-16(12)17(13)21-14/h2-7H,1,8H2. The molecule has 0 atom stereocenters. The van der Waals surface area contributed by atoms with E-state index in [1.807, 2.05) is 18.2 Å². The Bertz CT molecular complexity index is 981. The molecule has 0 radical (unpaired) electrons. The van der Waals surface area contributed by atoms with E-state index in [9.17, 15) is 4.79 Å². The van der Waals surface area contributed by atoms with Crippen molar-refractivity contribution in [2.24, 2.45) is 0 Å². The summed E-state index contributed by atoms with van der Waals surface area (Å²) in [7, 11) is 0. The zero-order valence-electron chi connectivity index (χ0n) is 11.0. The number of hydrogen-bond donors (Lipinski definition) is 0. The Morgan fingerprint density at radius 2 is 1.81 bits per heavy atom. The van der Waals surface area contributed by atoms with Crippen molar-refractivity contribution in [2.75, 3.05) is 0 Å². The fourth-order valence-corrected chi connectivity index (χ4v) is 3.16. The van der Waals surface area contributed by atoms with Crippen molar-refractivity contribution in [3.8, 4) is 5.75 Å². The van der Waals surface area contributed by atoms with Gasteiger partial charge in [-0.2, -0.15) is 0 Å². The highest BCUT2D eigenvalue weighted by Crippen LogP contribution is 2.45. The van der Waals surface area contributed by atoms with Crippen LogP contribution in [0, 0.1) is 0 Å². The minimum absolute atomic E-state index is 0.114. The number of carbonyl (C=O) groups excluding carboxylic acids is 1. The minimum atomic E-state index is 0.114. The highest BCUT2D eigenvalue weighted by molar-refractivity contribution is 6.08. The molecular formula is C17H10O4. The topological polar surface area (TPSA) is 52.6 Å². The summed E-state index contributed by atoms with van der Waals surface area (Å²) in [6.07, 6.45) is 7.87. The Morgan fingerprint density at radius 3 is 2.71 bits per heavy atom. The molecular weight excluding hydrogens is 268 g/mol. The molecule has 0 bridgehead atoms. The molecule has 0 amide bonds. The average Bonchev–Trinajstić information content (AvgIpc) is 3.14. The summed E-state index contributed by atoms with van der Waals surface area (Å²) in [5.41, 5.74) is 3.44. The largest absolute Gasteiger partial charge is 0.464 e. The summed E-state index contributed by atoms with van der Waals surface area (Å²) in [5.74, 6) is 1.62. The molecule has 0 unspecified atom stereocenters. The second-order valence-electron chi connectivity index (χ2n) is 5.32. The van der Waals surface area contributed by atoms with Crippen molar-refractivity contribution in [3.63, 3.8) is 0 Å². The van der Waals surface area contributed by atoms with Crippen LogP contribution in [0.1, 0.15) is 12.0 Å². The molecule has 3 aromatic rings. The van der Waals surface area contributed by atoms with Crippen LogP contribution in [0.3, 0.4) is 0 Å². The van der Waals surface area contributed by atoms with E-state index in [0.29, 0.717) is 18.4 Å². The van der Waals surface area contributed by atoms with Gasteiger partial charge in [-0.1, -0.05) is 0 Å². The number of carbonyl (C=O) groups is 1. The molecule has 0 fully saturated rings. The first kappa shape index (κ1) is 11.0. The molecule has 4 nitrogen and oxygen atoms in total. The summed E-state index contributed by atoms with van der Waals surface area (Å²) >= 11 is 0. The minimum Gasteiger partial charge on any atom is -0.464 e. The molecule has 1 aliphatic heterocycles. The fourth-order valence-electron chi connectivity index (χ4n) is 3.16. The van der Waals surface area contributed by atoms with Gasteiger partial charge in [0.2, 0.25) is 0 Å². The highest BCUT2D eigenvalue weighted by atomic mass is 16.5. The van der Waals surface area contributed by atoms with Gasteiger partial charge in [-0.25, -0.2) is 0 Å². The van der Waals surface area contributed by atoms with E-state index < -0.39 is 0 Å². The van der Waals surface area contributed by atoms with E-state index in [1.165, 1.54) is 0 Å². The van der Waals surface area contributed by atoms with E-state index in [1.54, 1.807) is 18.6 Å². The van der Waals surface area contributed by atoms with Crippen molar-refractivity contribution >= 4 is 27.7 Å². The van der Waals surface area contributed by atoms with Crippen LogP contribution >= 0.6 is 0 Å². The summed E-state index contributed by atoms with van der Waals surface area (Å²) < 4.78 is 17.2. The van der Waals surface area contributed by atoms with Crippen LogP contribution in [0.2, 0.25) is 0 Å². The molecule has 21 heavy (non-hydrogen) atoms. The quantitative estimate of drug-likeness (QED) is 0.626. The number of allylic oxidation sites excluding steroid dienone is 3. The Balaban J connectivity index is 1.88. The van der Waals surface area contributed by atoms with Crippen LogP contribution < -0.4 is 4.74 Å². The molecule has 0 spiro atoms. The third kappa shape index (κ3) is 1.36. The Hall–Kier alpha value is -2.75. The number of fused-ring (bicyclic) bond motifs is 7. The van der Waals surface area contributed by atoms with Gasteiger partial charge in [0.1, 0.15) is 11.3 Å². The zero-order chi connectivity index (χ0) is 14.0. The van der Waals surface area contributed by atoms with Crippen molar-refractivity contribution in [1.82, 2.24) is 0 Å². The monoisotopic (exact) mass is 278 g/mol. The number of benzene rings is 1. The maximum atomic E-state index is 11.6. The highest BCUT2D eigenvalue weighted by Gasteiger charge is 2.29. The molecule has 4 heteroatoms. The van der Waals surface area contributed by atoms with Crippen LogP contribution in [0.5, 0.6) is 5.75 Å². The maximum absolute atomic E-state index is 11.6. The van der Waals surface area contributed by atoms with Crippen LogP contribution in [0.4, 0.5) is 0 Å². The van der Waals surface area contributed by atoms with Gasteiger partial charge in [0.15, 0.2) is 17.1 Å². The smallest absolute Gasteiger partial charge is 0.180 e. The molecule has 2 aromatic heterocycles. The van der Waals surface area contributed by atoms with Gasteiger partial charge in [0.05, 0.1) is 17.9 Å². The average molecular weight is 278 g/mol. The Kier molecular flexibility index (Phi) is 1.91. The van der Waals surface area contributed by atoms with Crippen molar-refractivity contribution in [3.05, 3.63) is 53.7 Å². The van der Waals surface area contributed by atoms with Crippen LogP contribution in [-0.2, 0) is 11.2 Å². The van der Waals surface area contributed by atoms with E-state index in [4.69, 9.17) is 13.6 Å². The molecule has 1 aliphatic carbocycles. The van der Waals surface area contributed by atoms with Gasteiger partial charge in [-0.05, 0) is 24.3 Å². The lowest BCUT2D eigenvalue weighted by Crippen LogP contribution is -2.15.